The zero-order valence-electron chi connectivity index (χ0n) is 8.67. The van der Waals surface area contributed by atoms with Crippen LogP contribution in [0.15, 0.2) is 23.1 Å². The molecule has 4 heteroatoms. The molecule has 0 fully saturated rings. The van der Waals surface area contributed by atoms with Crippen LogP contribution in [0.1, 0.15) is 19.8 Å². The van der Waals surface area contributed by atoms with Gasteiger partial charge in [0.05, 0.1) is 0 Å². The zero-order valence-corrected chi connectivity index (χ0v) is 9.49. The van der Waals surface area contributed by atoms with Crippen molar-refractivity contribution >= 4 is 11.8 Å². The van der Waals surface area contributed by atoms with Crippen molar-refractivity contribution in [2.24, 2.45) is 5.73 Å². The fourth-order valence-corrected chi connectivity index (χ4v) is 2.40. The molecule has 0 spiro atoms. The van der Waals surface area contributed by atoms with E-state index < -0.39 is 11.6 Å². The van der Waals surface area contributed by atoms with Gasteiger partial charge in [-0.15, -0.1) is 11.8 Å². The monoisotopic (exact) mass is 231 g/mol. The van der Waals surface area contributed by atoms with Crippen LogP contribution in [0.4, 0.5) is 8.78 Å². The third-order valence-corrected chi connectivity index (χ3v) is 3.57. The molecule has 0 aromatic heterocycles. The Bertz CT molecular complexity index is 317. The fourth-order valence-electron chi connectivity index (χ4n) is 1.27. The summed E-state index contributed by atoms with van der Waals surface area (Å²) in [6, 6.07) is 3.99. The van der Waals surface area contributed by atoms with E-state index in [0.29, 0.717) is 11.8 Å². The topological polar surface area (TPSA) is 26.0 Å². The molecular weight excluding hydrogens is 216 g/mol. The molecule has 0 saturated heterocycles. The van der Waals surface area contributed by atoms with Gasteiger partial charge in [0.1, 0.15) is 0 Å². The molecule has 84 valence electrons. The summed E-state index contributed by atoms with van der Waals surface area (Å²) in [4.78, 5) is 0.759. The van der Waals surface area contributed by atoms with Crippen molar-refractivity contribution in [1.29, 1.82) is 0 Å². The molecular formula is C11H15F2NS. The number of nitrogens with two attached hydrogens (primary N) is 1. The van der Waals surface area contributed by atoms with Gasteiger partial charge in [0.25, 0.3) is 0 Å². The van der Waals surface area contributed by atoms with E-state index in [2.05, 4.69) is 6.92 Å². The van der Waals surface area contributed by atoms with Crippen LogP contribution in [-0.4, -0.2) is 11.8 Å². The summed E-state index contributed by atoms with van der Waals surface area (Å²) < 4.78 is 25.6. The van der Waals surface area contributed by atoms with Crippen molar-refractivity contribution in [3.63, 3.8) is 0 Å². The average Bonchev–Trinajstić information content (AvgIpc) is 2.23. The minimum absolute atomic E-state index is 0.375. The van der Waals surface area contributed by atoms with Crippen LogP contribution in [-0.2, 0) is 0 Å². The highest BCUT2D eigenvalue weighted by molar-refractivity contribution is 8.00. The lowest BCUT2D eigenvalue weighted by Crippen LogP contribution is -2.09. The van der Waals surface area contributed by atoms with Gasteiger partial charge in [-0.25, -0.2) is 8.78 Å². The third kappa shape index (κ3) is 3.80. The number of thioether (sulfide) groups is 1. The minimum Gasteiger partial charge on any atom is -0.330 e. The van der Waals surface area contributed by atoms with Crippen LogP contribution in [0, 0.1) is 11.6 Å². The Hall–Kier alpha value is -0.610. The van der Waals surface area contributed by atoms with E-state index in [1.165, 1.54) is 6.07 Å². The molecule has 0 aliphatic rings. The molecule has 1 atom stereocenters. The largest absolute Gasteiger partial charge is 0.330 e. The molecule has 1 aromatic rings. The van der Waals surface area contributed by atoms with Crippen molar-refractivity contribution in [3.05, 3.63) is 29.8 Å². The Morgan fingerprint density at radius 3 is 2.60 bits per heavy atom. The average molecular weight is 231 g/mol. The molecule has 1 unspecified atom stereocenters. The first kappa shape index (κ1) is 12.5. The molecule has 0 radical (unpaired) electrons. The highest BCUT2D eigenvalue weighted by Gasteiger charge is 2.09. The lowest BCUT2D eigenvalue weighted by Gasteiger charge is -2.13. The van der Waals surface area contributed by atoms with Gasteiger partial charge in [0.15, 0.2) is 11.6 Å². The maximum absolute atomic E-state index is 12.9. The molecule has 1 nitrogen and oxygen atoms in total. The standard InChI is InChI=1S/C11H15F2NS/c1-2-8(5-6-14)15-9-3-4-10(12)11(13)7-9/h3-4,7-8H,2,5-6,14H2,1H3. The summed E-state index contributed by atoms with van der Waals surface area (Å²) in [6.07, 6.45) is 1.86. The van der Waals surface area contributed by atoms with E-state index in [4.69, 9.17) is 5.73 Å². The number of benzene rings is 1. The molecule has 1 rings (SSSR count). The lowest BCUT2D eigenvalue weighted by molar-refractivity contribution is 0.506. The van der Waals surface area contributed by atoms with Crippen molar-refractivity contribution in [2.45, 2.75) is 29.9 Å². The summed E-state index contributed by atoms with van der Waals surface area (Å²) in [5.41, 5.74) is 5.47. The Balaban J connectivity index is 2.66. The molecule has 0 heterocycles. The molecule has 0 aliphatic heterocycles. The van der Waals surface area contributed by atoms with Gasteiger partial charge in [0, 0.05) is 10.1 Å². The molecule has 2 N–H and O–H groups in total. The van der Waals surface area contributed by atoms with E-state index in [9.17, 15) is 8.78 Å². The van der Waals surface area contributed by atoms with Crippen molar-refractivity contribution in [1.82, 2.24) is 0 Å². The van der Waals surface area contributed by atoms with Crippen molar-refractivity contribution in [3.8, 4) is 0 Å². The van der Waals surface area contributed by atoms with Crippen LogP contribution < -0.4 is 5.73 Å². The summed E-state index contributed by atoms with van der Waals surface area (Å²) in [7, 11) is 0. The van der Waals surface area contributed by atoms with E-state index in [-0.39, 0.29) is 0 Å². The normalized spacial score (nSPS) is 12.8. The van der Waals surface area contributed by atoms with E-state index in [1.54, 1.807) is 17.8 Å². The predicted octanol–water partition coefficient (Wildman–Crippen LogP) is 3.18. The quantitative estimate of drug-likeness (QED) is 0.788. The first-order valence-corrected chi connectivity index (χ1v) is 5.87. The molecule has 0 bridgehead atoms. The second-order valence-electron chi connectivity index (χ2n) is 3.30. The molecule has 0 amide bonds. The molecule has 1 aromatic carbocycles. The van der Waals surface area contributed by atoms with Gasteiger partial charge in [-0.05, 0) is 37.6 Å². The van der Waals surface area contributed by atoms with Crippen molar-refractivity contribution in [2.75, 3.05) is 6.54 Å². The second-order valence-corrected chi connectivity index (χ2v) is 4.68. The van der Waals surface area contributed by atoms with Crippen LogP contribution in [0.5, 0.6) is 0 Å². The third-order valence-electron chi connectivity index (χ3n) is 2.14. The van der Waals surface area contributed by atoms with Gasteiger partial charge >= 0.3 is 0 Å². The Labute approximate surface area is 93.1 Å². The summed E-state index contributed by atoms with van der Waals surface area (Å²) in [6.45, 7) is 2.68. The highest BCUT2D eigenvalue weighted by Crippen LogP contribution is 2.28. The zero-order chi connectivity index (χ0) is 11.3. The smallest absolute Gasteiger partial charge is 0.159 e. The highest BCUT2D eigenvalue weighted by atomic mass is 32.2. The van der Waals surface area contributed by atoms with Crippen LogP contribution in [0.3, 0.4) is 0 Å². The number of halogens is 2. The van der Waals surface area contributed by atoms with Crippen LogP contribution in [0.25, 0.3) is 0 Å². The first-order chi connectivity index (χ1) is 7.17. The number of hydrogen-bond acceptors (Lipinski definition) is 2. The first-order valence-electron chi connectivity index (χ1n) is 4.99. The summed E-state index contributed by atoms with van der Waals surface area (Å²) in [5, 5.41) is 0.375. The lowest BCUT2D eigenvalue weighted by atomic mass is 10.2. The minimum atomic E-state index is -0.800. The SMILES string of the molecule is CCC(CCN)Sc1ccc(F)c(F)c1. The molecule has 0 saturated carbocycles. The Kier molecular flexibility index (Phi) is 5.05. The van der Waals surface area contributed by atoms with Crippen molar-refractivity contribution < 1.29 is 8.78 Å². The van der Waals surface area contributed by atoms with E-state index in [0.717, 1.165) is 23.8 Å². The van der Waals surface area contributed by atoms with Gasteiger partial charge in [-0.3, -0.25) is 0 Å². The van der Waals surface area contributed by atoms with Gasteiger partial charge in [0.2, 0.25) is 0 Å². The van der Waals surface area contributed by atoms with E-state index in [1.807, 2.05) is 0 Å². The number of hydrogen-bond donors (Lipinski definition) is 1. The summed E-state index contributed by atoms with van der Waals surface area (Å²) in [5.74, 6) is -1.59. The fraction of sp³-hybridized carbons (Fsp3) is 0.455. The molecule has 15 heavy (non-hydrogen) atoms. The van der Waals surface area contributed by atoms with Gasteiger partial charge in [-0.1, -0.05) is 6.92 Å². The van der Waals surface area contributed by atoms with Gasteiger partial charge in [-0.2, -0.15) is 0 Å². The maximum atomic E-state index is 12.9. The Morgan fingerprint density at radius 1 is 1.33 bits per heavy atom. The Morgan fingerprint density at radius 2 is 2.07 bits per heavy atom. The predicted molar refractivity (Wildman–Crippen MR) is 60.0 cm³/mol. The van der Waals surface area contributed by atoms with Crippen LogP contribution >= 0.6 is 11.8 Å². The van der Waals surface area contributed by atoms with Gasteiger partial charge < -0.3 is 5.73 Å². The maximum Gasteiger partial charge on any atom is 0.159 e. The second kappa shape index (κ2) is 6.08. The van der Waals surface area contributed by atoms with E-state index >= 15 is 0 Å². The van der Waals surface area contributed by atoms with Crippen LogP contribution in [0.2, 0.25) is 0 Å². The number of rotatable bonds is 5. The molecule has 0 aliphatic carbocycles. The summed E-state index contributed by atoms with van der Waals surface area (Å²) >= 11 is 1.55.